The molecule has 1 amide bonds. The number of azo groups is 1. The van der Waals surface area contributed by atoms with Crippen molar-refractivity contribution in [2.24, 2.45) is 10.2 Å². The zero-order valence-electron chi connectivity index (χ0n) is 17.8. The molecule has 0 saturated heterocycles. The lowest BCUT2D eigenvalue weighted by molar-refractivity contribution is -0.658. The van der Waals surface area contributed by atoms with Crippen molar-refractivity contribution in [1.82, 2.24) is 5.32 Å². The van der Waals surface area contributed by atoms with E-state index in [-0.39, 0.29) is 25.7 Å². The van der Waals surface area contributed by atoms with Crippen LogP contribution in [-0.2, 0) is 11.3 Å². The fourth-order valence-corrected chi connectivity index (χ4v) is 3.48. The second-order valence-electron chi connectivity index (χ2n) is 7.07. The fraction of sp³-hybridized carbons (Fsp3) is 0.304. The molecule has 0 aliphatic rings. The van der Waals surface area contributed by atoms with Crippen LogP contribution in [0, 0.1) is 0 Å². The third-order valence-electron chi connectivity index (χ3n) is 4.87. The molecule has 168 valence electrons. The normalized spacial score (nSPS) is 11.2. The maximum absolute atomic E-state index is 12.1. The SMILES string of the molecule is O=C(C[n+]1cccc2c(/N=N/c3ccc(N(CCO)CCO)cc3)cccc21)NCCS. The smallest absolute Gasteiger partial charge is 0.286 e. The summed E-state index contributed by atoms with van der Waals surface area (Å²) in [5.41, 5.74) is 3.19. The number of aliphatic hydroxyl groups is 2. The van der Waals surface area contributed by atoms with Crippen molar-refractivity contribution in [2.75, 3.05) is 43.5 Å². The van der Waals surface area contributed by atoms with E-state index in [0.29, 0.717) is 36.8 Å². The van der Waals surface area contributed by atoms with Crippen LogP contribution in [0.2, 0.25) is 0 Å². The lowest BCUT2D eigenvalue weighted by Gasteiger charge is -2.22. The molecular formula is C23H28N5O3S+. The lowest BCUT2D eigenvalue weighted by atomic mass is 10.2. The van der Waals surface area contributed by atoms with Gasteiger partial charge in [0.15, 0.2) is 6.20 Å². The number of rotatable bonds is 11. The van der Waals surface area contributed by atoms with Crippen LogP contribution in [0.5, 0.6) is 0 Å². The number of hydrogen-bond donors (Lipinski definition) is 4. The van der Waals surface area contributed by atoms with E-state index < -0.39 is 0 Å². The van der Waals surface area contributed by atoms with Gasteiger partial charge in [-0.15, -0.1) is 5.11 Å². The van der Waals surface area contributed by atoms with E-state index in [1.165, 1.54) is 0 Å². The summed E-state index contributed by atoms with van der Waals surface area (Å²) in [7, 11) is 0. The number of nitrogens with zero attached hydrogens (tertiary/aromatic N) is 4. The van der Waals surface area contributed by atoms with Gasteiger partial charge < -0.3 is 20.4 Å². The van der Waals surface area contributed by atoms with E-state index in [0.717, 1.165) is 16.6 Å². The van der Waals surface area contributed by atoms with Gasteiger partial charge in [0.1, 0.15) is 0 Å². The summed E-state index contributed by atoms with van der Waals surface area (Å²) in [4.78, 5) is 14.0. The Balaban J connectivity index is 1.80. The standard InChI is InChI=1S/C23H27N5O3S/c29-14-12-27(13-15-30)19-8-6-18(7-9-19)25-26-21-4-1-5-22-20(21)3-2-11-28(22)17-23(31)24-10-16-32/h1-9,11,29-30H,10,12-17H2,(H-,24,31,32)/p+1. The van der Waals surface area contributed by atoms with Crippen LogP contribution in [0.3, 0.4) is 0 Å². The number of pyridine rings is 1. The molecule has 0 spiro atoms. The molecular weight excluding hydrogens is 426 g/mol. The summed E-state index contributed by atoms with van der Waals surface area (Å²) >= 11 is 4.11. The first kappa shape index (κ1) is 23.6. The zero-order chi connectivity index (χ0) is 22.8. The van der Waals surface area contributed by atoms with E-state index in [4.69, 9.17) is 0 Å². The Bertz CT molecular complexity index is 1050. The minimum Gasteiger partial charge on any atom is -0.395 e. The highest BCUT2D eigenvalue weighted by Gasteiger charge is 2.15. The van der Waals surface area contributed by atoms with Gasteiger partial charge in [-0.1, -0.05) is 6.07 Å². The van der Waals surface area contributed by atoms with Gasteiger partial charge in [0.05, 0.1) is 30.0 Å². The molecule has 3 N–H and O–H groups in total. The summed E-state index contributed by atoms with van der Waals surface area (Å²) in [6.45, 7) is 1.67. The second-order valence-corrected chi connectivity index (χ2v) is 7.52. The zero-order valence-corrected chi connectivity index (χ0v) is 18.7. The van der Waals surface area contributed by atoms with Crippen LogP contribution in [0.15, 0.2) is 71.0 Å². The predicted octanol–water partition coefficient (Wildman–Crippen LogP) is 2.38. The molecule has 1 heterocycles. The van der Waals surface area contributed by atoms with Crippen LogP contribution in [-0.4, -0.2) is 54.7 Å². The third kappa shape index (κ3) is 6.25. The summed E-state index contributed by atoms with van der Waals surface area (Å²) in [5, 5.41) is 30.9. The Labute approximate surface area is 192 Å². The average Bonchev–Trinajstić information content (AvgIpc) is 2.82. The quantitative estimate of drug-likeness (QED) is 0.203. The number of fused-ring (bicyclic) bond motifs is 1. The van der Waals surface area contributed by atoms with Crippen LogP contribution >= 0.6 is 12.6 Å². The summed E-state index contributed by atoms with van der Waals surface area (Å²) in [6.07, 6.45) is 1.87. The molecule has 0 unspecified atom stereocenters. The first-order valence-corrected chi connectivity index (χ1v) is 11.1. The number of carbonyl (C=O) groups excluding carboxylic acids is 1. The Hall–Kier alpha value is -3.01. The molecule has 3 aromatic rings. The Morgan fingerprint density at radius 2 is 1.75 bits per heavy atom. The molecule has 0 atom stereocenters. The van der Waals surface area contributed by atoms with Gasteiger partial charge in [-0.25, -0.2) is 0 Å². The van der Waals surface area contributed by atoms with E-state index in [2.05, 4.69) is 28.2 Å². The fourth-order valence-electron chi connectivity index (χ4n) is 3.37. The van der Waals surface area contributed by atoms with Gasteiger partial charge in [-0.2, -0.15) is 22.3 Å². The van der Waals surface area contributed by atoms with Crippen LogP contribution in [0.25, 0.3) is 10.9 Å². The molecule has 2 aromatic carbocycles. The highest BCUT2D eigenvalue weighted by molar-refractivity contribution is 7.80. The Morgan fingerprint density at radius 1 is 1.00 bits per heavy atom. The number of anilines is 1. The maximum Gasteiger partial charge on any atom is 0.286 e. The number of nitrogens with one attached hydrogen (secondary N) is 1. The van der Waals surface area contributed by atoms with Crippen molar-refractivity contribution < 1.29 is 19.6 Å². The van der Waals surface area contributed by atoms with Gasteiger partial charge in [0.25, 0.3) is 5.91 Å². The van der Waals surface area contributed by atoms with Crippen molar-refractivity contribution >= 4 is 46.5 Å². The molecule has 0 aliphatic carbocycles. The van der Waals surface area contributed by atoms with E-state index in [1.54, 1.807) is 0 Å². The molecule has 9 heteroatoms. The van der Waals surface area contributed by atoms with Gasteiger partial charge in [0.2, 0.25) is 12.1 Å². The first-order valence-electron chi connectivity index (χ1n) is 10.4. The molecule has 0 radical (unpaired) electrons. The van der Waals surface area contributed by atoms with Crippen molar-refractivity contribution in [3.8, 4) is 0 Å². The molecule has 3 rings (SSSR count). The number of aromatic nitrogens is 1. The highest BCUT2D eigenvalue weighted by atomic mass is 32.1. The average molecular weight is 455 g/mol. The maximum atomic E-state index is 12.1. The van der Waals surface area contributed by atoms with Gasteiger partial charge >= 0.3 is 0 Å². The minimum absolute atomic E-state index is 0.0133. The number of amides is 1. The van der Waals surface area contributed by atoms with E-state index >= 15 is 0 Å². The number of aliphatic hydroxyl groups excluding tert-OH is 2. The van der Waals surface area contributed by atoms with Crippen LogP contribution < -0.4 is 14.8 Å². The number of carbonyl (C=O) groups is 1. The molecule has 0 saturated carbocycles. The largest absolute Gasteiger partial charge is 0.395 e. The summed E-state index contributed by atoms with van der Waals surface area (Å²) in [6, 6.07) is 17.0. The summed E-state index contributed by atoms with van der Waals surface area (Å²) in [5.74, 6) is 0.526. The van der Waals surface area contributed by atoms with Crippen LogP contribution in [0.1, 0.15) is 0 Å². The van der Waals surface area contributed by atoms with Crippen molar-refractivity contribution in [3.05, 3.63) is 60.8 Å². The Morgan fingerprint density at radius 3 is 2.44 bits per heavy atom. The van der Waals surface area contributed by atoms with Crippen LogP contribution in [0.4, 0.5) is 17.1 Å². The molecule has 0 aliphatic heterocycles. The predicted molar refractivity (Wildman–Crippen MR) is 128 cm³/mol. The van der Waals surface area contributed by atoms with E-state index in [9.17, 15) is 15.0 Å². The van der Waals surface area contributed by atoms with Crippen molar-refractivity contribution in [3.63, 3.8) is 0 Å². The molecule has 8 nitrogen and oxygen atoms in total. The number of benzene rings is 2. The topological polar surface area (TPSA) is 101 Å². The van der Waals surface area contributed by atoms with Crippen molar-refractivity contribution in [1.29, 1.82) is 0 Å². The van der Waals surface area contributed by atoms with Gasteiger partial charge in [0, 0.05) is 43.2 Å². The summed E-state index contributed by atoms with van der Waals surface area (Å²) < 4.78 is 1.88. The molecule has 0 fully saturated rings. The van der Waals surface area contributed by atoms with Gasteiger partial charge in [-0.05, 0) is 36.4 Å². The van der Waals surface area contributed by atoms with Crippen molar-refractivity contribution in [2.45, 2.75) is 6.54 Å². The number of hydrogen-bond acceptors (Lipinski definition) is 7. The molecule has 32 heavy (non-hydrogen) atoms. The monoisotopic (exact) mass is 454 g/mol. The highest BCUT2D eigenvalue weighted by Crippen LogP contribution is 2.27. The number of thiol groups is 1. The second kappa shape index (κ2) is 12.1. The van der Waals surface area contributed by atoms with Gasteiger partial charge in [-0.3, -0.25) is 4.79 Å². The lowest BCUT2D eigenvalue weighted by Crippen LogP contribution is -2.43. The Kier molecular flexibility index (Phi) is 8.97. The molecule has 1 aromatic heterocycles. The first-order chi connectivity index (χ1) is 15.7. The van der Waals surface area contributed by atoms with E-state index in [1.807, 2.05) is 70.3 Å². The minimum atomic E-state index is -0.0693. The third-order valence-corrected chi connectivity index (χ3v) is 5.10. The molecule has 0 bridgehead atoms.